The van der Waals surface area contributed by atoms with Gasteiger partial charge >= 0.3 is 0 Å². The number of carbonyl (C=O) groups is 1. The number of rotatable bonds is 4. The fourth-order valence-corrected chi connectivity index (χ4v) is 5.94. The van der Waals surface area contributed by atoms with Crippen LogP contribution in [0.25, 0.3) is 0 Å². The molecule has 30 heavy (non-hydrogen) atoms. The Morgan fingerprint density at radius 3 is 2.50 bits per heavy atom. The van der Waals surface area contributed by atoms with E-state index in [1.54, 1.807) is 0 Å². The van der Waals surface area contributed by atoms with Crippen LogP contribution >= 0.6 is 11.3 Å². The molecule has 0 radical (unpaired) electrons. The van der Waals surface area contributed by atoms with E-state index in [0.29, 0.717) is 6.42 Å². The minimum Gasteiger partial charge on any atom is -0.355 e. The molecular formula is C25H35N3OS. The van der Waals surface area contributed by atoms with Gasteiger partial charge in [0.25, 0.3) is 0 Å². The standard InChI is InChI=1S/C25H35N3OS/c29-24-19-25(12-5-2-6-13-25)28(20-22-9-3-1-4-10-22)16-8-15-27(17-14-26-24)21-23-11-7-18-30-23/h1,3-4,7,9-11,18H,2,5-6,8,12-17,19-21H2,(H,26,29). The minimum atomic E-state index is 0.0150. The Hall–Kier alpha value is -1.69. The molecule has 2 heterocycles. The van der Waals surface area contributed by atoms with Gasteiger partial charge in [0, 0.05) is 49.6 Å². The highest BCUT2D eigenvalue weighted by Crippen LogP contribution is 2.38. The lowest BCUT2D eigenvalue weighted by Gasteiger charge is -2.46. The first-order valence-electron chi connectivity index (χ1n) is 11.5. The largest absolute Gasteiger partial charge is 0.355 e. The van der Waals surface area contributed by atoms with Crippen LogP contribution in [0.2, 0.25) is 0 Å². The van der Waals surface area contributed by atoms with Crippen LogP contribution in [0.1, 0.15) is 55.4 Å². The van der Waals surface area contributed by atoms with Gasteiger partial charge in [-0.3, -0.25) is 14.6 Å². The number of nitrogens with one attached hydrogen (secondary N) is 1. The van der Waals surface area contributed by atoms with Crippen LogP contribution in [-0.2, 0) is 17.9 Å². The van der Waals surface area contributed by atoms with Crippen molar-refractivity contribution in [2.24, 2.45) is 0 Å². The molecule has 0 bridgehead atoms. The fraction of sp³-hybridized carbons (Fsp3) is 0.560. The SMILES string of the molecule is O=C1CC2(CCCCC2)N(Cc2ccccc2)CCCN(Cc2cccs2)CCN1. The van der Waals surface area contributed by atoms with E-state index >= 15 is 0 Å². The lowest BCUT2D eigenvalue weighted by Crippen LogP contribution is -2.52. The van der Waals surface area contributed by atoms with Crippen molar-refractivity contribution in [2.45, 2.75) is 63.6 Å². The summed E-state index contributed by atoms with van der Waals surface area (Å²) in [5, 5.41) is 5.39. The van der Waals surface area contributed by atoms with Crippen LogP contribution in [0.5, 0.6) is 0 Å². The summed E-state index contributed by atoms with van der Waals surface area (Å²) >= 11 is 1.82. The van der Waals surface area contributed by atoms with Crippen LogP contribution in [0.4, 0.5) is 0 Å². The molecule has 2 fully saturated rings. The zero-order valence-corrected chi connectivity index (χ0v) is 18.8. The molecule has 1 spiro atoms. The van der Waals surface area contributed by atoms with E-state index < -0.39 is 0 Å². The van der Waals surface area contributed by atoms with Gasteiger partial charge in [0.1, 0.15) is 0 Å². The third kappa shape index (κ3) is 5.71. The topological polar surface area (TPSA) is 35.6 Å². The molecule has 1 aromatic carbocycles. The monoisotopic (exact) mass is 425 g/mol. The van der Waals surface area contributed by atoms with Crippen molar-refractivity contribution in [3.05, 3.63) is 58.3 Å². The highest BCUT2D eigenvalue weighted by Gasteiger charge is 2.39. The van der Waals surface area contributed by atoms with Crippen molar-refractivity contribution in [3.63, 3.8) is 0 Å². The predicted octanol–water partition coefficient (Wildman–Crippen LogP) is 4.67. The molecule has 162 valence electrons. The maximum atomic E-state index is 13.0. The first kappa shape index (κ1) is 21.5. The third-order valence-electron chi connectivity index (χ3n) is 6.77. The minimum absolute atomic E-state index is 0.0150. The van der Waals surface area contributed by atoms with Crippen molar-refractivity contribution >= 4 is 17.2 Å². The molecule has 1 aliphatic heterocycles. The molecule has 5 heteroatoms. The van der Waals surface area contributed by atoms with E-state index in [4.69, 9.17) is 0 Å². The maximum Gasteiger partial charge on any atom is 0.221 e. The lowest BCUT2D eigenvalue weighted by atomic mass is 9.77. The van der Waals surface area contributed by atoms with Gasteiger partial charge < -0.3 is 5.32 Å². The van der Waals surface area contributed by atoms with Gasteiger partial charge in [-0.25, -0.2) is 0 Å². The van der Waals surface area contributed by atoms with E-state index in [9.17, 15) is 4.79 Å². The van der Waals surface area contributed by atoms with Gasteiger partial charge in [-0.15, -0.1) is 11.3 Å². The number of nitrogens with zero attached hydrogens (tertiary/aromatic N) is 2. The Kier molecular flexibility index (Phi) is 7.58. The van der Waals surface area contributed by atoms with Crippen LogP contribution in [0.3, 0.4) is 0 Å². The molecular weight excluding hydrogens is 390 g/mol. The van der Waals surface area contributed by atoms with Gasteiger partial charge in [-0.2, -0.15) is 0 Å². The van der Waals surface area contributed by atoms with Gasteiger partial charge in [0.2, 0.25) is 5.91 Å². The molecule has 1 aliphatic carbocycles. The molecule has 2 aromatic rings. The Labute approximate surface area is 185 Å². The molecule has 1 amide bonds. The third-order valence-corrected chi connectivity index (χ3v) is 7.63. The van der Waals surface area contributed by atoms with Crippen molar-refractivity contribution in [1.82, 2.24) is 15.1 Å². The Morgan fingerprint density at radius 1 is 0.900 bits per heavy atom. The second kappa shape index (κ2) is 10.6. The van der Waals surface area contributed by atoms with Crippen LogP contribution < -0.4 is 5.32 Å². The average molecular weight is 426 g/mol. The highest BCUT2D eigenvalue weighted by molar-refractivity contribution is 7.09. The van der Waals surface area contributed by atoms with Crippen molar-refractivity contribution in [1.29, 1.82) is 0 Å². The Bertz CT molecular complexity index is 771. The van der Waals surface area contributed by atoms with Crippen LogP contribution in [-0.4, -0.2) is 47.4 Å². The Morgan fingerprint density at radius 2 is 1.73 bits per heavy atom. The number of amides is 1. The fourth-order valence-electron chi connectivity index (χ4n) is 5.20. The molecule has 0 unspecified atom stereocenters. The summed E-state index contributed by atoms with van der Waals surface area (Å²) in [7, 11) is 0. The van der Waals surface area contributed by atoms with E-state index in [1.807, 2.05) is 11.3 Å². The smallest absolute Gasteiger partial charge is 0.221 e. The second-order valence-corrected chi connectivity index (χ2v) is 9.96. The zero-order chi connectivity index (χ0) is 20.7. The molecule has 1 aromatic heterocycles. The predicted molar refractivity (Wildman–Crippen MR) is 125 cm³/mol. The number of thiophene rings is 1. The summed E-state index contributed by atoms with van der Waals surface area (Å²) in [4.78, 5) is 19.5. The summed E-state index contributed by atoms with van der Waals surface area (Å²) in [6.45, 7) is 5.74. The molecule has 1 saturated carbocycles. The number of carbonyl (C=O) groups excluding carboxylic acids is 1. The van der Waals surface area contributed by atoms with E-state index in [2.05, 4.69) is 63.0 Å². The normalized spacial score (nSPS) is 21.8. The quantitative estimate of drug-likeness (QED) is 0.773. The molecule has 0 atom stereocenters. The summed E-state index contributed by atoms with van der Waals surface area (Å²) in [5.41, 5.74) is 1.37. The average Bonchev–Trinajstić information content (AvgIpc) is 3.26. The summed E-state index contributed by atoms with van der Waals surface area (Å²) in [6, 6.07) is 15.1. The summed E-state index contributed by atoms with van der Waals surface area (Å²) in [5.74, 6) is 0.230. The molecule has 2 aliphatic rings. The molecule has 1 N–H and O–H groups in total. The molecule has 4 rings (SSSR count). The first-order valence-corrected chi connectivity index (χ1v) is 12.4. The van der Waals surface area contributed by atoms with Gasteiger partial charge in [0.15, 0.2) is 0 Å². The molecule has 1 saturated heterocycles. The van der Waals surface area contributed by atoms with Gasteiger partial charge in [0.05, 0.1) is 0 Å². The number of hydrogen-bond donors (Lipinski definition) is 1. The van der Waals surface area contributed by atoms with E-state index in [0.717, 1.165) is 58.5 Å². The van der Waals surface area contributed by atoms with Crippen LogP contribution in [0.15, 0.2) is 47.8 Å². The Balaban J connectivity index is 1.52. The van der Waals surface area contributed by atoms with Crippen molar-refractivity contribution in [3.8, 4) is 0 Å². The lowest BCUT2D eigenvalue weighted by molar-refractivity contribution is -0.125. The van der Waals surface area contributed by atoms with Gasteiger partial charge in [-0.05, 0) is 42.8 Å². The van der Waals surface area contributed by atoms with E-state index in [-0.39, 0.29) is 11.4 Å². The molecule has 4 nitrogen and oxygen atoms in total. The van der Waals surface area contributed by atoms with Crippen molar-refractivity contribution in [2.75, 3.05) is 26.2 Å². The highest BCUT2D eigenvalue weighted by atomic mass is 32.1. The van der Waals surface area contributed by atoms with Crippen LogP contribution in [0, 0.1) is 0 Å². The van der Waals surface area contributed by atoms with E-state index in [1.165, 1.54) is 29.7 Å². The second-order valence-electron chi connectivity index (χ2n) is 8.93. The summed E-state index contributed by atoms with van der Waals surface area (Å²) in [6.07, 6.45) is 7.86. The number of hydrogen-bond acceptors (Lipinski definition) is 4. The maximum absolute atomic E-state index is 13.0. The zero-order valence-electron chi connectivity index (χ0n) is 18.0. The first-order chi connectivity index (χ1) is 14.7. The summed E-state index contributed by atoms with van der Waals surface area (Å²) < 4.78 is 0. The van der Waals surface area contributed by atoms with Gasteiger partial charge in [-0.1, -0.05) is 55.7 Å². The number of benzene rings is 1. The van der Waals surface area contributed by atoms with Crippen molar-refractivity contribution < 1.29 is 4.79 Å².